The Hall–Kier alpha value is -1.000. The lowest BCUT2D eigenvalue weighted by Crippen LogP contribution is -2.45. The quantitative estimate of drug-likeness (QED) is 0.926. The Balaban J connectivity index is 0.00000242. The van der Waals surface area contributed by atoms with E-state index in [9.17, 15) is 4.79 Å². The molecular formula is C17H30ClN3O. The van der Waals surface area contributed by atoms with E-state index in [0.29, 0.717) is 12.0 Å². The number of rotatable bonds is 3. The van der Waals surface area contributed by atoms with E-state index in [-0.39, 0.29) is 24.4 Å². The Labute approximate surface area is 140 Å². The average Bonchev–Trinajstić information content (AvgIpc) is 2.73. The number of carbonyl (C=O) groups is 1. The molecule has 1 aromatic heterocycles. The predicted molar refractivity (Wildman–Crippen MR) is 93.8 cm³/mol. The highest BCUT2D eigenvalue weighted by Gasteiger charge is 2.28. The van der Waals surface area contributed by atoms with Crippen molar-refractivity contribution in [2.24, 2.45) is 11.7 Å². The van der Waals surface area contributed by atoms with Crippen LogP contribution in [0.15, 0.2) is 6.07 Å². The molecule has 2 rings (SSSR count). The molecule has 2 heterocycles. The lowest BCUT2D eigenvalue weighted by atomic mass is 9.92. The Kier molecular flexibility index (Phi) is 6.50. The van der Waals surface area contributed by atoms with Gasteiger partial charge in [-0.1, -0.05) is 0 Å². The van der Waals surface area contributed by atoms with Gasteiger partial charge < -0.3 is 15.2 Å². The van der Waals surface area contributed by atoms with Gasteiger partial charge in [0.1, 0.15) is 0 Å². The van der Waals surface area contributed by atoms with Crippen molar-refractivity contribution >= 4 is 18.3 Å². The molecule has 0 aromatic carbocycles. The molecule has 1 aliphatic heterocycles. The monoisotopic (exact) mass is 327 g/mol. The van der Waals surface area contributed by atoms with Crippen LogP contribution in [0.4, 0.5) is 0 Å². The van der Waals surface area contributed by atoms with Crippen LogP contribution in [0.25, 0.3) is 0 Å². The predicted octanol–water partition coefficient (Wildman–Crippen LogP) is 3.31. The molecule has 5 heteroatoms. The molecule has 0 saturated carbocycles. The first-order valence-corrected chi connectivity index (χ1v) is 8.06. The fourth-order valence-electron chi connectivity index (χ4n) is 3.58. The molecule has 126 valence electrons. The van der Waals surface area contributed by atoms with Crippen LogP contribution in [0.3, 0.4) is 0 Å². The van der Waals surface area contributed by atoms with Crippen molar-refractivity contribution in [3.63, 3.8) is 0 Å². The van der Waals surface area contributed by atoms with Gasteiger partial charge in [-0.2, -0.15) is 0 Å². The van der Waals surface area contributed by atoms with Crippen LogP contribution in [0.5, 0.6) is 0 Å². The summed E-state index contributed by atoms with van der Waals surface area (Å²) in [6.45, 7) is 12.1. The maximum absolute atomic E-state index is 12.8. The number of hydrogen-bond donors (Lipinski definition) is 1. The summed E-state index contributed by atoms with van der Waals surface area (Å²) in [6.07, 6.45) is 2.19. The summed E-state index contributed by atoms with van der Waals surface area (Å²) in [5, 5.41) is 0. The summed E-state index contributed by atoms with van der Waals surface area (Å²) in [5.41, 5.74) is 9.12. The highest BCUT2D eigenvalue weighted by atomic mass is 35.5. The van der Waals surface area contributed by atoms with Crippen molar-refractivity contribution < 1.29 is 4.79 Å². The molecule has 22 heavy (non-hydrogen) atoms. The molecule has 1 fully saturated rings. The van der Waals surface area contributed by atoms with Crippen molar-refractivity contribution in [3.05, 3.63) is 23.0 Å². The van der Waals surface area contributed by atoms with Gasteiger partial charge in [-0.25, -0.2) is 0 Å². The molecule has 0 bridgehead atoms. The van der Waals surface area contributed by atoms with Crippen LogP contribution in [0, 0.1) is 19.8 Å². The Morgan fingerprint density at radius 2 is 1.95 bits per heavy atom. The molecule has 2 unspecified atom stereocenters. The second-order valence-corrected chi connectivity index (χ2v) is 6.76. The van der Waals surface area contributed by atoms with Crippen molar-refractivity contribution in [1.29, 1.82) is 0 Å². The molecule has 0 radical (unpaired) electrons. The van der Waals surface area contributed by atoms with E-state index < -0.39 is 0 Å². The molecule has 2 N–H and O–H groups in total. The third kappa shape index (κ3) is 3.66. The third-order valence-electron chi connectivity index (χ3n) is 4.72. The Bertz CT molecular complexity index is 522. The SMILES string of the molecule is Cc1cc(C(=O)N2CCCC(C(C)N)C2)c(C)n1C(C)C.Cl. The van der Waals surface area contributed by atoms with E-state index in [1.165, 1.54) is 0 Å². The second kappa shape index (κ2) is 7.51. The summed E-state index contributed by atoms with van der Waals surface area (Å²) in [4.78, 5) is 14.8. The maximum atomic E-state index is 12.8. The number of nitrogens with zero attached hydrogens (tertiary/aromatic N) is 2. The van der Waals surface area contributed by atoms with Gasteiger partial charge >= 0.3 is 0 Å². The van der Waals surface area contributed by atoms with E-state index in [1.54, 1.807) is 0 Å². The standard InChI is InChI=1S/C17H29N3O.ClH/c1-11(2)20-12(3)9-16(14(20)5)17(21)19-8-6-7-15(10-19)13(4)18;/h9,11,13,15H,6-8,10,18H2,1-5H3;1H. The number of nitrogens with two attached hydrogens (primary N) is 1. The van der Waals surface area contributed by atoms with Crippen LogP contribution in [-0.2, 0) is 0 Å². The molecule has 1 saturated heterocycles. The number of likely N-dealkylation sites (tertiary alicyclic amines) is 1. The molecule has 2 atom stereocenters. The van der Waals surface area contributed by atoms with Gasteiger partial charge in [0.05, 0.1) is 5.56 Å². The van der Waals surface area contributed by atoms with Gasteiger partial charge in [0.2, 0.25) is 0 Å². The first-order valence-electron chi connectivity index (χ1n) is 8.06. The number of piperidine rings is 1. The van der Waals surface area contributed by atoms with E-state index in [4.69, 9.17) is 5.73 Å². The first kappa shape index (κ1) is 19.0. The van der Waals surface area contributed by atoms with E-state index >= 15 is 0 Å². The van der Waals surface area contributed by atoms with E-state index in [1.807, 2.05) is 24.8 Å². The number of hydrogen-bond acceptors (Lipinski definition) is 2. The summed E-state index contributed by atoms with van der Waals surface area (Å²) >= 11 is 0. The fraction of sp³-hybridized carbons (Fsp3) is 0.706. The first-order chi connectivity index (χ1) is 9.82. The van der Waals surface area contributed by atoms with Crippen LogP contribution < -0.4 is 5.73 Å². The minimum Gasteiger partial charge on any atom is -0.346 e. The van der Waals surface area contributed by atoms with Gasteiger partial charge in [0.25, 0.3) is 5.91 Å². The lowest BCUT2D eigenvalue weighted by molar-refractivity contribution is 0.0660. The highest BCUT2D eigenvalue weighted by Crippen LogP contribution is 2.25. The normalized spacial score (nSPS) is 20.0. The van der Waals surface area contributed by atoms with E-state index in [2.05, 4.69) is 25.3 Å². The number of amides is 1. The zero-order valence-corrected chi connectivity index (χ0v) is 15.2. The van der Waals surface area contributed by atoms with Crippen LogP contribution in [-0.4, -0.2) is 34.5 Å². The number of aryl methyl sites for hydroxylation is 1. The molecule has 4 nitrogen and oxygen atoms in total. The van der Waals surface area contributed by atoms with Crippen molar-refractivity contribution in [1.82, 2.24) is 9.47 Å². The fourth-order valence-corrected chi connectivity index (χ4v) is 3.58. The average molecular weight is 328 g/mol. The van der Waals surface area contributed by atoms with Gasteiger partial charge in [0, 0.05) is 36.6 Å². The zero-order valence-electron chi connectivity index (χ0n) is 14.4. The topological polar surface area (TPSA) is 51.3 Å². The highest BCUT2D eigenvalue weighted by molar-refractivity contribution is 5.95. The van der Waals surface area contributed by atoms with Crippen LogP contribution >= 0.6 is 12.4 Å². The maximum Gasteiger partial charge on any atom is 0.255 e. The molecule has 0 spiro atoms. The zero-order chi connectivity index (χ0) is 15.7. The summed E-state index contributed by atoms with van der Waals surface area (Å²) in [5.74, 6) is 0.594. The summed E-state index contributed by atoms with van der Waals surface area (Å²) in [6, 6.07) is 2.57. The summed E-state index contributed by atoms with van der Waals surface area (Å²) in [7, 11) is 0. The van der Waals surface area contributed by atoms with Crippen molar-refractivity contribution in [2.45, 2.75) is 59.5 Å². The van der Waals surface area contributed by atoms with E-state index in [0.717, 1.165) is 42.9 Å². The molecule has 1 aromatic rings. The Morgan fingerprint density at radius 3 is 2.45 bits per heavy atom. The van der Waals surface area contributed by atoms with Gasteiger partial charge in [0.15, 0.2) is 0 Å². The third-order valence-corrected chi connectivity index (χ3v) is 4.72. The smallest absolute Gasteiger partial charge is 0.255 e. The molecule has 0 aliphatic carbocycles. The molecule has 1 aliphatic rings. The van der Waals surface area contributed by atoms with Crippen LogP contribution in [0.2, 0.25) is 0 Å². The van der Waals surface area contributed by atoms with Crippen molar-refractivity contribution in [2.75, 3.05) is 13.1 Å². The summed E-state index contributed by atoms with van der Waals surface area (Å²) < 4.78 is 2.24. The lowest BCUT2D eigenvalue weighted by Gasteiger charge is -2.34. The number of aromatic nitrogens is 1. The van der Waals surface area contributed by atoms with Crippen LogP contribution in [0.1, 0.15) is 61.4 Å². The second-order valence-electron chi connectivity index (χ2n) is 6.76. The van der Waals surface area contributed by atoms with Gasteiger partial charge in [-0.15, -0.1) is 12.4 Å². The number of carbonyl (C=O) groups excluding carboxylic acids is 1. The Morgan fingerprint density at radius 1 is 1.32 bits per heavy atom. The molecule has 1 amide bonds. The van der Waals surface area contributed by atoms with Gasteiger partial charge in [-0.05, 0) is 59.4 Å². The largest absolute Gasteiger partial charge is 0.346 e. The minimum absolute atomic E-state index is 0. The van der Waals surface area contributed by atoms with Crippen molar-refractivity contribution in [3.8, 4) is 0 Å². The number of halogens is 1. The minimum atomic E-state index is 0. The van der Waals surface area contributed by atoms with Gasteiger partial charge in [-0.3, -0.25) is 4.79 Å². The molecular weight excluding hydrogens is 298 g/mol.